The number of hydrogen-bond acceptors (Lipinski definition) is 19. The summed E-state index contributed by atoms with van der Waals surface area (Å²) in [5, 5.41) is 29.0. The van der Waals surface area contributed by atoms with Crippen molar-refractivity contribution in [3.63, 3.8) is 0 Å². The van der Waals surface area contributed by atoms with E-state index in [9.17, 15) is 43.8 Å². The maximum absolute atomic E-state index is 14.8. The first kappa shape index (κ1) is 44.5. The summed E-state index contributed by atoms with van der Waals surface area (Å²) >= 11 is 0. The standard InChI is InChI=1S/C42H54O19/c1-11-28(48)58-31-32(56-22(5)45)42(51)38(19-54-20(3)43)26(15-29(49)52-10)35(8)18-39(38,50)41(59-24(7)47,33(35)57-23(6)46)34-40(42)27(16-37(12-2,60-34)61-40)36(31,9)30(55-21(4)44)25-13-14-53-17-25/h13-14,17,26-27,30-34,50-51H,11-12,15-16,18-19H2,1-10H3/t26-,27+,30-,31-,32+,33-,34-,35-,36+,37-,38+,39+,40+,41-,42-/m0/s1. The maximum Gasteiger partial charge on any atom is 0.305 e. The van der Waals surface area contributed by atoms with Gasteiger partial charge in [0.2, 0.25) is 5.60 Å². The van der Waals surface area contributed by atoms with Crippen LogP contribution in [0.1, 0.15) is 106 Å². The van der Waals surface area contributed by atoms with Crippen molar-refractivity contribution in [2.75, 3.05) is 13.7 Å². The van der Waals surface area contributed by atoms with E-state index in [1.54, 1.807) is 20.8 Å². The Balaban J connectivity index is 1.73. The zero-order valence-electron chi connectivity index (χ0n) is 35.9. The van der Waals surface area contributed by atoms with Crippen LogP contribution < -0.4 is 0 Å². The van der Waals surface area contributed by atoms with Crippen LogP contribution in [0.4, 0.5) is 0 Å². The Morgan fingerprint density at radius 2 is 1.54 bits per heavy atom. The summed E-state index contributed by atoms with van der Waals surface area (Å²) in [4.78, 5) is 94.6. The van der Waals surface area contributed by atoms with E-state index in [-0.39, 0.29) is 24.8 Å². The highest BCUT2D eigenvalue weighted by Crippen LogP contribution is 2.87. The van der Waals surface area contributed by atoms with Crippen molar-refractivity contribution < 1.29 is 90.8 Å². The summed E-state index contributed by atoms with van der Waals surface area (Å²) in [5.74, 6) is -10.9. The van der Waals surface area contributed by atoms with Crippen LogP contribution in [0.15, 0.2) is 23.0 Å². The normalized spacial score (nSPS) is 43.7. The van der Waals surface area contributed by atoms with Crippen molar-refractivity contribution in [2.45, 2.75) is 153 Å². The molecule has 2 N–H and O–H groups in total. The third-order valence-electron chi connectivity index (χ3n) is 15.0. The summed E-state index contributed by atoms with van der Waals surface area (Å²) in [6, 6.07) is 1.51. The van der Waals surface area contributed by atoms with E-state index >= 15 is 0 Å². The fourth-order valence-corrected chi connectivity index (χ4v) is 13.3. The summed E-state index contributed by atoms with van der Waals surface area (Å²) in [6.07, 6.45) is -7.87. The van der Waals surface area contributed by atoms with Crippen LogP contribution in [-0.2, 0) is 76.2 Å². The van der Waals surface area contributed by atoms with Crippen LogP contribution in [0.25, 0.3) is 0 Å². The number of methoxy groups -OCH3 is 1. The van der Waals surface area contributed by atoms with Gasteiger partial charge in [-0.15, -0.1) is 0 Å². The number of carbonyl (C=O) groups is 7. The highest BCUT2D eigenvalue weighted by atomic mass is 16.8. The number of furan rings is 1. The average molecular weight is 863 g/mol. The minimum Gasteiger partial charge on any atom is -0.472 e. The van der Waals surface area contributed by atoms with E-state index in [2.05, 4.69) is 0 Å². The molecular weight excluding hydrogens is 808 g/mol. The van der Waals surface area contributed by atoms with Crippen LogP contribution in [0.2, 0.25) is 0 Å². The van der Waals surface area contributed by atoms with Gasteiger partial charge in [-0.25, -0.2) is 0 Å². The molecule has 15 atom stereocenters. The molecule has 19 nitrogen and oxygen atoms in total. The van der Waals surface area contributed by atoms with Crippen LogP contribution >= 0.6 is 0 Å². The van der Waals surface area contributed by atoms with Gasteiger partial charge >= 0.3 is 41.8 Å². The van der Waals surface area contributed by atoms with Crippen LogP contribution in [-0.4, -0.2) is 118 Å². The number of hydrogen-bond donors (Lipinski definition) is 2. The van der Waals surface area contributed by atoms with Gasteiger partial charge in [-0.1, -0.05) is 27.7 Å². The molecule has 336 valence electrons. The molecule has 1 aromatic rings. The SMILES string of the molecule is CCC(=O)O[C@H]1[C@@H](OC(C)=O)[C@@]2(O)[C@@]34O[C@@](CC)(C[C@@H]3[C@]1(C)[C@@H](OC(C)=O)c1ccoc1)O[C@@H]4[C@@]1(OC(C)=O)[C@@H](OC(C)=O)[C@@]3(C)C[C@@]1(O)[C@@]2(COC(C)=O)[C@H]3CC(=O)OC. The Morgan fingerprint density at radius 3 is 2.07 bits per heavy atom. The maximum atomic E-state index is 14.8. The fourth-order valence-electron chi connectivity index (χ4n) is 13.3. The molecule has 0 amide bonds. The molecule has 19 heteroatoms. The molecule has 1 aromatic heterocycles. The van der Waals surface area contributed by atoms with E-state index in [1.807, 2.05) is 0 Å². The first-order valence-corrected chi connectivity index (χ1v) is 20.4. The molecule has 2 saturated heterocycles. The summed E-state index contributed by atoms with van der Waals surface area (Å²) in [5.41, 5.74) is -16.6. The molecule has 0 unspecified atom stereocenters. The number of carbonyl (C=O) groups excluding carboxylic acids is 7. The molecular formula is C42H54O19. The molecule has 61 heavy (non-hydrogen) atoms. The van der Waals surface area contributed by atoms with Crippen molar-refractivity contribution >= 4 is 41.8 Å². The van der Waals surface area contributed by atoms with Crippen molar-refractivity contribution in [2.24, 2.45) is 28.1 Å². The Hall–Kier alpha value is -4.59. The zero-order valence-corrected chi connectivity index (χ0v) is 35.9. The highest BCUT2D eigenvalue weighted by Gasteiger charge is 3.05. The molecule has 4 aliphatic carbocycles. The van der Waals surface area contributed by atoms with Gasteiger partial charge in [-0.3, -0.25) is 33.6 Å². The van der Waals surface area contributed by atoms with Crippen molar-refractivity contribution in [1.29, 1.82) is 0 Å². The second-order valence-electron chi connectivity index (χ2n) is 17.9. The number of ether oxygens (including phenoxy) is 9. The van der Waals surface area contributed by atoms with Crippen LogP contribution in [0.3, 0.4) is 0 Å². The van der Waals surface area contributed by atoms with Gasteiger partial charge in [0, 0.05) is 70.8 Å². The van der Waals surface area contributed by atoms with E-state index in [1.165, 1.54) is 25.5 Å². The topological polar surface area (TPSA) is 256 Å². The lowest BCUT2D eigenvalue weighted by Gasteiger charge is -2.77. The van der Waals surface area contributed by atoms with Crippen molar-refractivity contribution in [3.05, 3.63) is 24.2 Å². The van der Waals surface area contributed by atoms with Gasteiger partial charge in [0.15, 0.2) is 24.1 Å². The predicted octanol–water partition coefficient (Wildman–Crippen LogP) is 2.30. The predicted molar refractivity (Wildman–Crippen MR) is 199 cm³/mol. The molecule has 6 aliphatic rings. The summed E-state index contributed by atoms with van der Waals surface area (Å²) < 4.78 is 62.0. The first-order chi connectivity index (χ1) is 28.4. The third-order valence-corrected chi connectivity index (χ3v) is 15.0. The molecule has 0 aromatic carbocycles. The zero-order chi connectivity index (χ0) is 45.1. The number of aliphatic hydroxyl groups is 2. The average Bonchev–Trinajstić information content (AvgIpc) is 3.98. The Kier molecular flexibility index (Phi) is 10.4. The molecule has 2 aliphatic heterocycles. The molecule has 6 fully saturated rings. The minimum atomic E-state index is -2.99. The van der Waals surface area contributed by atoms with E-state index in [4.69, 9.17) is 47.0 Å². The van der Waals surface area contributed by atoms with Gasteiger partial charge in [0.1, 0.15) is 35.6 Å². The summed E-state index contributed by atoms with van der Waals surface area (Å²) in [6.45, 7) is 10.8. The van der Waals surface area contributed by atoms with Gasteiger partial charge in [0.05, 0.1) is 30.5 Å². The van der Waals surface area contributed by atoms with E-state index in [0.717, 1.165) is 41.7 Å². The van der Waals surface area contributed by atoms with E-state index in [0.29, 0.717) is 0 Å². The first-order valence-electron chi connectivity index (χ1n) is 20.4. The van der Waals surface area contributed by atoms with Crippen molar-refractivity contribution in [1.82, 2.24) is 0 Å². The Labute approximate surface area is 351 Å². The van der Waals surface area contributed by atoms with Crippen LogP contribution in [0.5, 0.6) is 0 Å². The molecule has 3 heterocycles. The molecule has 1 spiro atoms. The largest absolute Gasteiger partial charge is 0.472 e. The number of esters is 7. The van der Waals surface area contributed by atoms with Crippen LogP contribution in [0, 0.1) is 28.1 Å². The third kappa shape index (κ3) is 5.32. The quantitative estimate of drug-likeness (QED) is 0.213. The smallest absolute Gasteiger partial charge is 0.305 e. The molecule has 4 saturated carbocycles. The summed E-state index contributed by atoms with van der Waals surface area (Å²) in [7, 11) is 1.11. The van der Waals surface area contributed by atoms with Crippen molar-refractivity contribution in [3.8, 4) is 0 Å². The lowest BCUT2D eigenvalue weighted by molar-refractivity contribution is -0.447. The van der Waals surface area contributed by atoms with Gasteiger partial charge in [-0.05, 0) is 24.8 Å². The van der Waals surface area contributed by atoms with Gasteiger partial charge in [0.25, 0.3) is 0 Å². The highest BCUT2D eigenvalue weighted by molar-refractivity contribution is 5.74. The lowest BCUT2D eigenvalue weighted by atomic mass is 9.32. The Bertz CT molecular complexity index is 2030. The lowest BCUT2D eigenvalue weighted by Crippen LogP contribution is -2.97. The van der Waals surface area contributed by atoms with E-state index < -0.39 is 148 Å². The second-order valence-corrected chi connectivity index (χ2v) is 17.9. The monoisotopic (exact) mass is 862 g/mol. The molecule has 7 rings (SSSR count). The van der Waals surface area contributed by atoms with Gasteiger partial charge in [-0.2, -0.15) is 0 Å². The Morgan fingerprint density at radius 1 is 0.869 bits per heavy atom. The van der Waals surface area contributed by atoms with Gasteiger partial charge < -0.3 is 57.3 Å². The number of rotatable bonds is 13. The second kappa shape index (κ2) is 14.2. The number of fused-ring (bicyclic) bond motifs is 4. The molecule has 0 radical (unpaired) electrons. The molecule has 4 bridgehead atoms. The minimum absolute atomic E-state index is 0.0160. The fraction of sp³-hybridized carbons (Fsp3) is 0.738.